The first-order chi connectivity index (χ1) is 9.49. The van der Waals surface area contributed by atoms with Gasteiger partial charge in [0.25, 0.3) is 0 Å². The second-order valence-corrected chi connectivity index (χ2v) is 6.36. The van der Waals surface area contributed by atoms with Gasteiger partial charge >= 0.3 is 0 Å². The number of hydrogen-bond donors (Lipinski definition) is 1. The highest BCUT2D eigenvalue weighted by Gasteiger charge is 2.17. The van der Waals surface area contributed by atoms with Crippen LogP contribution in [0.1, 0.15) is 39.7 Å². The molecule has 108 valence electrons. The van der Waals surface area contributed by atoms with Gasteiger partial charge in [0.2, 0.25) is 0 Å². The lowest BCUT2D eigenvalue weighted by molar-refractivity contribution is 0.406. The largest absolute Gasteiger partial charge is 0.399 e. The van der Waals surface area contributed by atoms with Gasteiger partial charge in [0, 0.05) is 15.7 Å². The molecule has 0 bridgehead atoms. The maximum absolute atomic E-state index is 5.86. The highest BCUT2D eigenvalue weighted by Crippen LogP contribution is 2.30. The fourth-order valence-electron chi connectivity index (χ4n) is 2.08. The normalized spacial score (nSPS) is 12.8. The Labute approximate surface area is 127 Å². The molecule has 1 unspecified atom stereocenters. The van der Waals surface area contributed by atoms with Crippen LogP contribution < -0.4 is 5.73 Å². The Morgan fingerprint density at radius 3 is 2.70 bits per heavy atom. The van der Waals surface area contributed by atoms with E-state index in [9.17, 15) is 0 Å². The lowest BCUT2D eigenvalue weighted by Gasteiger charge is -2.15. The molecule has 6 heteroatoms. The predicted octanol–water partition coefficient (Wildman–Crippen LogP) is 3.68. The smallest absolute Gasteiger partial charge is 0.183 e. The highest BCUT2D eigenvalue weighted by atomic mass is 79.9. The molecular weight excluding hydrogens is 318 g/mol. The summed E-state index contributed by atoms with van der Waals surface area (Å²) in [6.07, 6.45) is 2.20. The Hall–Kier alpha value is -1.43. The zero-order valence-electron chi connectivity index (χ0n) is 12.0. The Bertz CT molecular complexity index is 579. The summed E-state index contributed by atoms with van der Waals surface area (Å²) in [7, 11) is 0. The van der Waals surface area contributed by atoms with Crippen LogP contribution >= 0.6 is 15.9 Å². The van der Waals surface area contributed by atoms with E-state index in [2.05, 4.69) is 52.2 Å². The number of nitrogens with two attached hydrogens (primary N) is 1. The van der Waals surface area contributed by atoms with Crippen LogP contribution in [0.5, 0.6) is 0 Å². The van der Waals surface area contributed by atoms with Crippen LogP contribution in [0.4, 0.5) is 5.69 Å². The van der Waals surface area contributed by atoms with E-state index in [0.717, 1.165) is 28.7 Å². The number of aromatic nitrogens is 4. The molecule has 2 aromatic rings. The standard InChI is InChI=1S/C14H20BrN5/c1-9(2)4-5-10(3)20-14(17-18-19-20)12-8-11(16)6-7-13(12)15/h6-10H,4-5,16H2,1-3H3. The van der Waals surface area contributed by atoms with E-state index in [1.165, 1.54) is 0 Å². The lowest BCUT2D eigenvalue weighted by atomic mass is 10.0. The maximum atomic E-state index is 5.86. The van der Waals surface area contributed by atoms with Crippen LogP contribution in [0.15, 0.2) is 22.7 Å². The molecule has 0 amide bonds. The Morgan fingerprint density at radius 2 is 2.00 bits per heavy atom. The van der Waals surface area contributed by atoms with E-state index >= 15 is 0 Å². The van der Waals surface area contributed by atoms with Crippen molar-refractivity contribution < 1.29 is 0 Å². The zero-order valence-corrected chi connectivity index (χ0v) is 13.6. The van der Waals surface area contributed by atoms with Crippen LogP contribution in [0.25, 0.3) is 11.4 Å². The van der Waals surface area contributed by atoms with Crippen molar-refractivity contribution in [1.82, 2.24) is 20.2 Å². The first kappa shape index (κ1) is 15.0. The molecule has 0 radical (unpaired) electrons. The molecule has 0 aliphatic carbocycles. The summed E-state index contributed by atoms with van der Waals surface area (Å²) >= 11 is 3.53. The molecule has 1 aromatic carbocycles. The third-order valence-electron chi connectivity index (χ3n) is 3.30. The number of hydrogen-bond acceptors (Lipinski definition) is 4. The van der Waals surface area contributed by atoms with E-state index in [4.69, 9.17) is 5.73 Å². The number of rotatable bonds is 5. The second kappa shape index (κ2) is 6.35. The van der Waals surface area contributed by atoms with Gasteiger partial charge in [-0.05, 0) is 54.3 Å². The Morgan fingerprint density at radius 1 is 1.25 bits per heavy atom. The van der Waals surface area contributed by atoms with Crippen molar-refractivity contribution in [1.29, 1.82) is 0 Å². The van der Waals surface area contributed by atoms with Crippen molar-refractivity contribution in [3.05, 3.63) is 22.7 Å². The van der Waals surface area contributed by atoms with Crippen molar-refractivity contribution in [3.8, 4) is 11.4 Å². The first-order valence-corrected chi connectivity index (χ1v) is 7.61. The van der Waals surface area contributed by atoms with Crippen LogP contribution in [-0.4, -0.2) is 20.2 Å². The summed E-state index contributed by atoms with van der Waals surface area (Å²) in [6.45, 7) is 6.59. The van der Waals surface area contributed by atoms with Gasteiger partial charge < -0.3 is 5.73 Å². The molecule has 0 spiro atoms. The monoisotopic (exact) mass is 337 g/mol. The van der Waals surface area contributed by atoms with Crippen LogP contribution in [0.2, 0.25) is 0 Å². The van der Waals surface area contributed by atoms with Crippen molar-refractivity contribution in [2.75, 3.05) is 5.73 Å². The molecule has 2 rings (SSSR count). The van der Waals surface area contributed by atoms with Gasteiger partial charge in [-0.15, -0.1) is 5.10 Å². The van der Waals surface area contributed by atoms with E-state index in [1.54, 1.807) is 0 Å². The molecule has 20 heavy (non-hydrogen) atoms. The van der Waals surface area contributed by atoms with Gasteiger partial charge in [-0.25, -0.2) is 4.68 Å². The molecule has 0 aliphatic rings. The van der Waals surface area contributed by atoms with Crippen molar-refractivity contribution in [2.24, 2.45) is 5.92 Å². The number of tetrazole rings is 1. The number of benzene rings is 1. The summed E-state index contributed by atoms with van der Waals surface area (Å²) in [6, 6.07) is 5.92. The molecule has 0 fully saturated rings. The average molecular weight is 338 g/mol. The minimum atomic E-state index is 0.260. The first-order valence-electron chi connectivity index (χ1n) is 6.82. The van der Waals surface area contributed by atoms with Crippen LogP contribution in [0, 0.1) is 5.92 Å². The number of nitrogens with zero attached hydrogens (tertiary/aromatic N) is 4. The molecule has 5 nitrogen and oxygen atoms in total. The number of halogens is 1. The van der Waals surface area contributed by atoms with E-state index < -0.39 is 0 Å². The summed E-state index contributed by atoms with van der Waals surface area (Å²) in [4.78, 5) is 0. The number of anilines is 1. The SMILES string of the molecule is CC(C)CCC(C)n1nnnc1-c1cc(N)ccc1Br. The summed E-state index contributed by atoms with van der Waals surface area (Å²) in [5.41, 5.74) is 7.48. The topological polar surface area (TPSA) is 69.6 Å². The number of nitrogen functional groups attached to an aromatic ring is 1. The molecule has 1 heterocycles. The lowest BCUT2D eigenvalue weighted by Crippen LogP contribution is -2.10. The fraction of sp³-hybridized carbons (Fsp3) is 0.500. The average Bonchev–Trinajstić information content (AvgIpc) is 2.88. The van der Waals surface area contributed by atoms with E-state index in [0.29, 0.717) is 11.6 Å². The second-order valence-electron chi connectivity index (χ2n) is 5.51. The zero-order chi connectivity index (χ0) is 14.7. The van der Waals surface area contributed by atoms with E-state index in [-0.39, 0.29) is 6.04 Å². The van der Waals surface area contributed by atoms with Crippen molar-refractivity contribution >= 4 is 21.6 Å². The van der Waals surface area contributed by atoms with Crippen LogP contribution in [0.3, 0.4) is 0 Å². The Balaban J connectivity index is 2.30. The van der Waals surface area contributed by atoms with Crippen LogP contribution in [-0.2, 0) is 0 Å². The summed E-state index contributed by atoms with van der Waals surface area (Å²) in [5, 5.41) is 12.1. The van der Waals surface area contributed by atoms with Gasteiger partial charge in [-0.3, -0.25) is 0 Å². The van der Waals surface area contributed by atoms with Crippen molar-refractivity contribution in [3.63, 3.8) is 0 Å². The van der Waals surface area contributed by atoms with Gasteiger partial charge in [0.05, 0.1) is 6.04 Å². The van der Waals surface area contributed by atoms with Gasteiger partial charge in [-0.1, -0.05) is 29.8 Å². The quantitative estimate of drug-likeness (QED) is 0.845. The molecule has 0 saturated carbocycles. The molecule has 1 aromatic heterocycles. The Kier molecular flexibility index (Phi) is 4.75. The minimum absolute atomic E-state index is 0.260. The third-order valence-corrected chi connectivity index (χ3v) is 3.99. The highest BCUT2D eigenvalue weighted by molar-refractivity contribution is 9.10. The maximum Gasteiger partial charge on any atom is 0.183 e. The predicted molar refractivity (Wildman–Crippen MR) is 84.1 cm³/mol. The molecule has 1 atom stereocenters. The van der Waals surface area contributed by atoms with Gasteiger partial charge in [0.1, 0.15) is 0 Å². The van der Waals surface area contributed by atoms with Crippen molar-refractivity contribution in [2.45, 2.75) is 39.7 Å². The molecule has 2 N–H and O–H groups in total. The molecule has 0 aliphatic heterocycles. The van der Waals surface area contributed by atoms with Gasteiger partial charge in [-0.2, -0.15) is 0 Å². The molecular formula is C14H20BrN5. The molecule has 0 saturated heterocycles. The third kappa shape index (κ3) is 3.36. The minimum Gasteiger partial charge on any atom is -0.399 e. The van der Waals surface area contributed by atoms with Gasteiger partial charge in [0.15, 0.2) is 5.82 Å². The van der Waals surface area contributed by atoms with E-state index in [1.807, 2.05) is 22.9 Å². The summed E-state index contributed by atoms with van der Waals surface area (Å²) in [5.74, 6) is 1.43. The summed E-state index contributed by atoms with van der Waals surface area (Å²) < 4.78 is 2.82. The fourth-order valence-corrected chi connectivity index (χ4v) is 2.50.